The molecular formula is C19H16FN3O2. The molecule has 0 amide bonds. The Morgan fingerprint density at radius 1 is 1.12 bits per heavy atom. The predicted molar refractivity (Wildman–Crippen MR) is 90.8 cm³/mol. The normalized spacial score (nSPS) is 10.9. The maximum atomic E-state index is 13.0. The van der Waals surface area contributed by atoms with Crippen LogP contribution in [0.2, 0.25) is 0 Å². The third-order valence-corrected chi connectivity index (χ3v) is 3.40. The van der Waals surface area contributed by atoms with Crippen LogP contribution in [0.4, 0.5) is 4.39 Å². The quantitative estimate of drug-likeness (QED) is 0.512. The highest BCUT2D eigenvalue weighted by atomic mass is 19.1. The fourth-order valence-corrected chi connectivity index (χ4v) is 2.22. The van der Waals surface area contributed by atoms with Gasteiger partial charge in [0, 0.05) is 6.08 Å². The van der Waals surface area contributed by atoms with Gasteiger partial charge in [-0.3, -0.25) is 0 Å². The summed E-state index contributed by atoms with van der Waals surface area (Å²) in [5, 5.41) is 8.00. The van der Waals surface area contributed by atoms with E-state index in [1.165, 1.54) is 24.3 Å². The minimum absolute atomic E-state index is 0.0155. The summed E-state index contributed by atoms with van der Waals surface area (Å²) in [7, 11) is 0. The van der Waals surface area contributed by atoms with Crippen molar-refractivity contribution < 1.29 is 13.9 Å². The molecule has 0 aliphatic heterocycles. The highest BCUT2D eigenvalue weighted by Gasteiger charge is 2.02. The average molecular weight is 337 g/mol. The first-order valence-corrected chi connectivity index (χ1v) is 7.72. The van der Waals surface area contributed by atoms with Gasteiger partial charge >= 0.3 is 5.97 Å². The number of nitrogens with zero attached hydrogens (tertiary/aromatic N) is 3. The van der Waals surface area contributed by atoms with Gasteiger partial charge in [0.25, 0.3) is 0 Å². The number of hydrogen-bond acceptors (Lipinski definition) is 4. The molecule has 0 radical (unpaired) electrons. The van der Waals surface area contributed by atoms with Crippen molar-refractivity contribution >= 4 is 12.0 Å². The van der Waals surface area contributed by atoms with Gasteiger partial charge in [-0.2, -0.15) is 0 Å². The maximum absolute atomic E-state index is 13.0. The Bertz CT molecular complexity index is 875. The molecule has 0 aliphatic carbocycles. The van der Waals surface area contributed by atoms with Gasteiger partial charge in [0.05, 0.1) is 12.7 Å². The van der Waals surface area contributed by atoms with E-state index in [0.29, 0.717) is 17.8 Å². The summed E-state index contributed by atoms with van der Waals surface area (Å²) >= 11 is 0. The Morgan fingerprint density at radius 3 is 2.72 bits per heavy atom. The number of rotatable bonds is 6. The maximum Gasteiger partial charge on any atom is 0.331 e. The zero-order chi connectivity index (χ0) is 17.5. The lowest BCUT2D eigenvalue weighted by atomic mass is 10.2. The molecule has 2 aromatic carbocycles. The highest BCUT2D eigenvalue weighted by Crippen LogP contribution is 2.06. The standard InChI is InChI=1S/C19H16FN3O2/c20-17-8-4-7-16(11-17)14-25-19(24)10-9-18-13-23(22-21-18)12-15-5-2-1-3-6-15/h1-11,13H,12,14H2/b10-9+. The van der Waals surface area contributed by atoms with E-state index >= 15 is 0 Å². The van der Waals surface area contributed by atoms with Crippen LogP contribution in [0.15, 0.2) is 66.9 Å². The van der Waals surface area contributed by atoms with E-state index in [9.17, 15) is 9.18 Å². The number of carbonyl (C=O) groups is 1. The van der Waals surface area contributed by atoms with Crippen LogP contribution in [-0.2, 0) is 22.7 Å². The highest BCUT2D eigenvalue weighted by molar-refractivity contribution is 5.86. The van der Waals surface area contributed by atoms with Crippen LogP contribution in [-0.4, -0.2) is 21.0 Å². The number of benzene rings is 2. The van der Waals surface area contributed by atoms with Crippen molar-refractivity contribution in [3.63, 3.8) is 0 Å². The molecule has 0 unspecified atom stereocenters. The zero-order valence-electron chi connectivity index (χ0n) is 13.4. The van der Waals surface area contributed by atoms with Crippen molar-refractivity contribution in [2.24, 2.45) is 0 Å². The smallest absolute Gasteiger partial charge is 0.331 e. The van der Waals surface area contributed by atoms with Crippen molar-refractivity contribution in [1.29, 1.82) is 0 Å². The molecule has 25 heavy (non-hydrogen) atoms. The molecule has 0 saturated heterocycles. The molecule has 0 fully saturated rings. The fourth-order valence-electron chi connectivity index (χ4n) is 2.22. The second-order valence-electron chi connectivity index (χ2n) is 5.40. The Kier molecular flexibility index (Phi) is 5.31. The molecule has 126 valence electrons. The Morgan fingerprint density at radius 2 is 1.92 bits per heavy atom. The van der Waals surface area contributed by atoms with Crippen molar-refractivity contribution in [2.75, 3.05) is 0 Å². The third-order valence-electron chi connectivity index (χ3n) is 3.40. The van der Waals surface area contributed by atoms with Crippen molar-refractivity contribution in [2.45, 2.75) is 13.2 Å². The number of halogens is 1. The number of ether oxygens (including phenoxy) is 1. The molecule has 1 aromatic heterocycles. The van der Waals surface area contributed by atoms with Crippen LogP contribution in [0.3, 0.4) is 0 Å². The molecule has 1 heterocycles. The second-order valence-corrected chi connectivity index (χ2v) is 5.40. The lowest BCUT2D eigenvalue weighted by molar-refractivity contribution is -0.138. The van der Waals surface area contributed by atoms with Crippen LogP contribution < -0.4 is 0 Å². The van der Waals surface area contributed by atoms with Gasteiger partial charge in [-0.05, 0) is 29.3 Å². The van der Waals surface area contributed by atoms with Crippen LogP contribution in [0.1, 0.15) is 16.8 Å². The Hall–Kier alpha value is -3.28. The number of esters is 1. The molecule has 0 bridgehead atoms. The van der Waals surface area contributed by atoms with Crippen LogP contribution in [0, 0.1) is 5.82 Å². The summed E-state index contributed by atoms with van der Waals surface area (Å²) in [5.74, 6) is -0.888. The van der Waals surface area contributed by atoms with E-state index in [2.05, 4.69) is 10.3 Å². The van der Waals surface area contributed by atoms with E-state index < -0.39 is 5.97 Å². The summed E-state index contributed by atoms with van der Waals surface area (Å²) in [6, 6.07) is 15.8. The van der Waals surface area contributed by atoms with E-state index in [1.54, 1.807) is 23.0 Å². The minimum Gasteiger partial charge on any atom is -0.458 e. The molecule has 5 nitrogen and oxygen atoms in total. The molecule has 0 N–H and O–H groups in total. The molecular weight excluding hydrogens is 321 g/mol. The van der Waals surface area contributed by atoms with Crippen molar-refractivity contribution in [3.05, 3.63) is 89.5 Å². The number of hydrogen-bond donors (Lipinski definition) is 0. The first-order chi connectivity index (χ1) is 12.2. The molecule has 3 rings (SSSR count). The van der Waals surface area contributed by atoms with Gasteiger partial charge in [-0.1, -0.05) is 47.7 Å². The molecule has 3 aromatic rings. The summed E-state index contributed by atoms with van der Waals surface area (Å²) in [4.78, 5) is 11.7. The Labute approximate surface area is 144 Å². The minimum atomic E-state index is -0.526. The summed E-state index contributed by atoms with van der Waals surface area (Å²) in [5.41, 5.74) is 2.26. The molecule has 0 aliphatic rings. The van der Waals surface area contributed by atoms with Crippen molar-refractivity contribution in [1.82, 2.24) is 15.0 Å². The van der Waals surface area contributed by atoms with Gasteiger partial charge in [0.1, 0.15) is 18.1 Å². The first kappa shape index (κ1) is 16.6. The average Bonchev–Trinajstić information content (AvgIpc) is 3.06. The van der Waals surface area contributed by atoms with Gasteiger partial charge in [-0.15, -0.1) is 5.10 Å². The SMILES string of the molecule is O=C(/C=C/c1cn(Cc2ccccc2)nn1)OCc1cccc(F)c1. The number of aromatic nitrogens is 3. The topological polar surface area (TPSA) is 57.0 Å². The fraction of sp³-hybridized carbons (Fsp3) is 0.105. The lowest BCUT2D eigenvalue weighted by Gasteiger charge is -2.01. The molecule has 6 heteroatoms. The predicted octanol–water partition coefficient (Wildman–Crippen LogP) is 3.22. The van der Waals surface area contributed by atoms with Crippen LogP contribution in [0.5, 0.6) is 0 Å². The lowest BCUT2D eigenvalue weighted by Crippen LogP contribution is -2.01. The van der Waals surface area contributed by atoms with Gasteiger partial charge < -0.3 is 4.74 Å². The van der Waals surface area contributed by atoms with E-state index in [0.717, 1.165) is 5.56 Å². The van der Waals surface area contributed by atoms with E-state index in [4.69, 9.17) is 4.74 Å². The summed E-state index contributed by atoms with van der Waals surface area (Å²) < 4.78 is 19.8. The van der Waals surface area contributed by atoms with Crippen LogP contribution in [0.25, 0.3) is 6.08 Å². The molecule has 0 saturated carbocycles. The summed E-state index contributed by atoms with van der Waals surface area (Å²) in [6.45, 7) is 0.618. The molecule has 0 spiro atoms. The monoisotopic (exact) mass is 337 g/mol. The summed E-state index contributed by atoms with van der Waals surface area (Å²) in [6.07, 6.45) is 4.54. The van der Waals surface area contributed by atoms with Crippen LogP contribution >= 0.6 is 0 Å². The first-order valence-electron chi connectivity index (χ1n) is 7.72. The largest absolute Gasteiger partial charge is 0.458 e. The third kappa shape index (κ3) is 5.10. The van der Waals surface area contributed by atoms with Gasteiger partial charge in [-0.25, -0.2) is 13.9 Å². The number of carbonyl (C=O) groups excluding carboxylic acids is 1. The van der Waals surface area contributed by atoms with E-state index in [-0.39, 0.29) is 12.4 Å². The second kappa shape index (κ2) is 8.01. The van der Waals surface area contributed by atoms with Crippen molar-refractivity contribution in [3.8, 4) is 0 Å². The molecule has 0 atom stereocenters. The van der Waals surface area contributed by atoms with E-state index in [1.807, 2.05) is 30.3 Å². The zero-order valence-corrected chi connectivity index (χ0v) is 13.4. The van der Waals surface area contributed by atoms with Gasteiger partial charge in [0.2, 0.25) is 0 Å². The van der Waals surface area contributed by atoms with Gasteiger partial charge in [0.15, 0.2) is 0 Å². The Balaban J connectivity index is 1.52.